The summed E-state index contributed by atoms with van der Waals surface area (Å²) in [6, 6.07) is 0. The molecule has 1 aliphatic rings. The molecule has 1 aliphatic heterocycles. The minimum Gasteiger partial charge on any atom is -0.479 e. The third-order valence-corrected chi connectivity index (χ3v) is 0.477. The van der Waals surface area contributed by atoms with Gasteiger partial charge in [-0.3, -0.25) is 0 Å². The quantitative estimate of drug-likeness (QED) is 0.420. The van der Waals surface area contributed by atoms with E-state index in [0.29, 0.717) is 6.61 Å². The predicted octanol–water partition coefficient (Wildman–Crippen LogP) is 0.559. The highest BCUT2D eigenvalue weighted by molar-refractivity contribution is 5.48. The fourth-order valence-electron chi connectivity index (χ4n) is 0.249. The van der Waals surface area contributed by atoms with Crippen molar-refractivity contribution in [3.05, 3.63) is 12.3 Å². The molecule has 0 aromatic heterocycles. The molecule has 1 rings (SSSR count). The number of hydrogen-bond acceptors (Lipinski definition) is 2. The summed E-state index contributed by atoms with van der Waals surface area (Å²) in [6.45, 7) is 0.488. The van der Waals surface area contributed by atoms with Gasteiger partial charge in [0.2, 0.25) is 0 Å². The second kappa shape index (κ2) is 1.60. The Morgan fingerprint density at radius 2 is 3.00 bits per heavy atom. The molecule has 1 heterocycles. The van der Waals surface area contributed by atoms with Crippen LogP contribution in [0.3, 0.4) is 0 Å². The molecule has 0 bridgehead atoms. The Morgan fingerprint density at radius 1 is 2.00 bits per heavy atom. The van der Waals surface area contributed by atoms with Crippen LogP contribution in [0.2, 0.25) is 0 Å². The molecule has 0 saturated heterocycles. The fourth-order valence-corrected chi connectivity index (χ4v) is 0.249. The highest BCUT2D eigenvalue weighted by atomic mass is 16.5. The van der Waals surface area contributed by atoms with Crippen molar-refractivity contribution in [3.63, 3.8) is 0 Å². The largest absolute Gasteiger partial charge is 0.479 e. The third kappa shape index (κ3) is 0.578. The minimum atomic E-state index is 0.00231. The minimum absolute atomic E-state index is 0.00231. The van der Waals surface area contributed by atoms with Crippen molar-refractivity contribution in [1.82, 2.24) is 0 Å². The van der Waals surface area contributed by atoms with Crippen LogP contribution in [0.25, 0.3) is 0 Å². The van der Waals surface area contributed by atoms with Gasteiger partial charge < -0.3 is 4.74 Å². The number of hydrogen-bond donors (Lipinski definition) is 0. The summed E-state index contributed by atoms with van der Waals surface area (Å²) in [5.41, 5.74) is 0. The molecule has 0 N–H and O–H groups in total. The van der Waals surface area contributed by atoms with Crippen molar-refractivity contribution in [1.29, 1.82) is 0 Å². The van der Waals surface area contributed by atoms with Crippen LogP contribution >= 0.6 is 0 Å². The van der Waals surface area contributed by atoms with Gasteiger partial charge in [0.05, 0.1) is 0 Å². The van der Waals surface area contributed by atoms with Crippen molar-refractivity contribution >= 4 is 6.38 Å². The van der Waals surface area contributed by atoms with E-state index in [1.807, 2.05) is 0 Å². The maximum absolute atomic E-state index is 6.75. The van der Waals surface area contributed by atoms with E-state index in [9.17, 15) is 0 Å². The van der Waals surface area contributed by atoms with Gasteiger partial charge in [-0.2, -0.15) is 0 Å². The number of rotatable bonds is 0. The second-order valence-corrected chi connectivity index (χ2v) is 0.916. The van der Waals surface area contributed by atoms with Crippen LogP contribution in [0.5, 0.6) is 0 Å². The molecule has 0 aromatic carbocycles. The standard InChI is InChI=1S/C4H5NO/c1-2-5-4-6-3-1/h1-2,4H,3H2/i4D. The fraction of sp³-hybridized carbons (Fsp3) is 0.250. The average Bonchev–Trinajstić information content (AvgIpc) is 1.69. The maximum Gasteiger partial charge on any atom is 0.174 e. The molecule has 0 radical (unpaired) electrons. The SMILES string of the molecule is [2H]C1=NC=CCO1. The van der Waals surface area contributed by atoms with E-state index in [-0.39, 0.29) is 6.38 Å². The topological polar surface area (TPSA) is 21.6 Å². The Kier molecular flexibility index (Phi) is 0.638. The van der Waals surface area contributed by atoms with Crippen LogP contribution in [-0.2, 0) is 4.74 Å². The van der Waals surface area contributed by atoms with E-state index < -0.39 is 0 Å². The van der Waals surface area contributed by atoms with Crippen molar-refractivity contribution in [2.24, 2.45) is 4.99 Å². The Morgan fingerprint density at radius 3 is 3.33 bits per heavy atom. The van der Waals surface area contributed by atoms with Crippen molar-refractivity contribution in [2.75, 3.05) is 6.61 Å². The summed E-state index contributed by atoms with van der Waals surface area (Å²) >= 11 is 0. The van der Waals surface area contributed by atoms with Gasteiger partial charge in [-0.25, -0.2) is 4.99 Å². The van der Waals surface area contributed by atoms with Crippen molar-refractivity contribution < 1.29 is 6.11 Å². The first-order valence-electron chi connectivity index (χ1n) is 2.22. The number of nitrogens with zero attached hydrogens (tertiary/aromatic N) is 1. The highest BCUT2D eigenvalue weighted by Crippen LogP contribution is 1.81. The first-order chi connectivity index (χ1) is 3.39. The number of ether oxygens (including phenoxy) is 1. The predicted molar refractivity (Wildman–Crippen MR) is 23.6 cm³/mol. The first-order valence-corrected chi connectivity index (χ1v) is 1.72. The molecule has 6 heavy (non-hydrogen) atoms. The van der Waals surface area contributed by atoms with Crippen LogP contribution in [0.4, 0.5) is 0 Å². The molecule has 0 saturated carbocycles. The molecule has 32 valence electrons. The van der Waals surface area contributed by atoms with E-state index in [4.69, 9.17) is 1.37 Å². The summed E-state index contributed by atoms with van der Waals surface area (Å²) in [7, 11) is 0. The summed E-state index contributed by atoms with van der Waals surface area (Å²) in [5.74, 6) is 0. The lowest BCUT2D eigenvalue weighted by Crippen LogP contribution is -1.89. The van der Waals surface area contributed by atoms with E-state index >= 15 is 0 Å². The smallest absolute Gasteiger partial charge is 0.174 e. The molecule has 0 aromatic rings. The Balaban J connectivity index is 2.57. The van der Waals surface area contributed by atoms with Gasteiger partial charge in [-0.1, -0.05) is 0 Å². The van der Waals surface area contributed by atoms with Gasteiger partial charge in [-0.05, 0) is 6.08 Å². The molecular formula is C4H5NO. The molecule has 0 atom stereocenters. The zero-order valence-electron chi connectivity index (χ0n) is 4.22. The lowest BCUT2D eigenvalue weighted by Gasteiger charge is -1.93. The lowest BCUT2D eigenvalue weighted by molar-refractivity contribution is 0.362. The molecular weight excluding hydrogens is 78.0 g/mol. The molecule has 0 aliphatic carbocycles. The average molecular weight is 84.1 g/mol. The highest BCUT2D eigenvalue weighted by Gasteiger charge is 1.76. The molecule has 0 fully saturated rings. The monoisotopic (exact) mass is 84.0 g/mol. The molecule has 2 nitrogen and oxygen atoms in total. The van der Waals surface area contributed by atoms with Gasteiger partial charge >= 0.3 is 0 Å². The lowest BCUT2D eigenvalue weighted by atomic mass is 10.6. The maximum atomic E-state index is 6.75. The summed E-state index contributed by atoms with van der Waals surface area (Å²) in [4.78, 5) is 3.51. The second-order valence-electron chi connectivity index (χ2n) is 0.916. The van der Waals surface area contributed by atoms with Gasteiger partial charge in [0, 0.05) is 6.20 Å². The van der Waals surface area contributed by atoms with Gasteiger partial charge in [0.25, 0.3) is 0 Å². The van der Waals surface area contributed by atoms with E-state index in [1.54, 1.807) is 12.3 Å². The Bertz CT molecular complexity index is 119. The van der Waals surface area contributed by atoms with Crippen LogP contribution in [0.15, 0.2) is 17.3 Å². The zero-order valence-corrected chi connectivity index (χ0v) is 3.22. The molecule has 0 amide bonds. The van der Waals surface area contributed by atoms with Crippen LogP contribution in [0.1, 0.15) is 1.37 Å². The van der Waals surface area contributed by atoms with Crippen LogP contribution in [0, 0.1) is 0 Å². The van der Waals surface area contributed by atoms with Crippen LogP contribution < -0.4 is 0 Å². The van der Waals surface area contributed by atoms with Crippen molar-refractivity contribution in [3.8, 4) is 0 Å². The van der Waals surface area contributed by atoms with E-state index in [0.717, 1.165) is 0 Å². The molecule has 2 heteroatoms. The molecule has 0 spiro atoms. The van der Waals surface area contributed by atoms with Crippen molar-refractivity contribution in [2.45, 2.75) is 0 Å². The third-order valence-electron chi connectivity index (χ3n) is 0.477. The summed E-state index contributed by atoms with van der Waals surface area (Å²) in [5, 5.41) is 0. The number of aliphatic imine (C=N–C) groups is 1. The van der Waals surface area contributed by atoms with Gasteiger partial charge in [0.1, 0.15) is 7.98 Å². The van der Waals surface area contributed by atoms with Gasteiger partial charge in [0.15, 0.2) is 6.38 Å². The first kappa shape index (κ1) is 2.39. The molecule has 0 unspecified atom stereocenters. The van der Waals surface area contributed by atoms with E-state index in [1.165, 1.54) is 0 Å². The van der Waals surface area contributed by atoms with Crippen LogP contribution in [-0.4, -0.2) is 13.0 Å². The Labute approximate surface area is 37.6 Å². The zero-order chi connectivity index (χ0) is 5.11. The van der Waals surface area contributed by atoms with Gasteiger partial charge in [-0.15, -0.1) is 0 Å². The normalized spacial score (nSPS) is 21.3. The van der Waals surface area contributed by atoms with E-state index in [2.05, 4.69) is 9.73 Å². The summed E-state index contributed by atoms with van der Waals surface area (Å²) in [6.07, 6.45) is 3.31. The summed E-state index contributed by atoms with van der Waals surface area (Å²) < 4.78 is 11.4. The Hall–Kier alpha value is -0.790.